The molecule has 160 valence electrons. The van der Waals surface area contributed by atoms with Crippen LogP contribution in [0.4, 0.5) is 5.82 Å². The molecule has 1 aliphatic rings. The van der Waals surface area contributed by atoms with Gasteiger partial charge in [0.15, 0.2) is 0 Å². The Hall–Kier alpha value is -2.82. The van der Waals surface area contributed by atoms with Crippen LogP contribution in [0.1, 0.15) is 22.8 Å². The first kappa shape index (κ1) is 21.9. The summed E-state index contributed by atoms with van der Waals surface area (Å²) in [6, 6.07) is 9.74. The summed E-state index contributed by atoms with van der Waals surface area (Å²) in [5, 5.41) is 5.34. The predicted molar refractivity (Wildman–Crippen MR) is 111 cm³/mol. The monoisotopic (exact) mass is 432 g/mol. The maximum atomic E-state index is 12.6. The zero-order valence-corrected chi connectivity index (χ0v) is 17.4. The number of hydrogen-bond donors (Lipinski definition) is 2. The van der Waals surface area contributed by atoms with Gasteiger partial charge in [0.1, 0.15) is 5.82 Å². The van der Waals surface area contributed by atoms with Crippen molar-refractivity contribution in [3.63, 3.8) is 0 Å². The SMILES string of the molecule is CC(=O)Nc1cc(C(=O)NCCc2ccc(S(=O)(=O)N3CCOCC3)cc2)ccn1. The molecule has 1 saturated heterocycles. The number of carbonyl (C=O) groups excluding carboxylic acids is 2. The number of aromatic nitrogens is 1. The molecular formula is C20H24N4O5S. The summed E-state index contributed by atoms with van der Waals surface area (Å²) in [6.45, 7) is 3.27. The van der Waals surface area contributed by atoms with Gasteiger partial charge in [-0.1, -0.05) is 12.1 Å². The van der Waals surface area contributed by atoms with Crippen molar-refractivity contribution < 1.29 is 22.7 Å². The number of ether oxygens (including phenoxy) is 1. The first-order chi connectivity index (χ1) is 14.4. The van der Waals surface area contributed by atoms with Crippen LogP contribution in [0, 0.1) is 0 Å². The first-order valence-electron chi connectivity index (χ1n) is 9.55. The Labute approximate surface area is 175 Å². The third-order valence-corrected chi connectivity index (χ3v) is 6.47. The average Bonchev–Trinajstić information content (AvgIpc) is 2.74. The summed E-state index contributed by atoms with van der Waals surface area (Å²) in [7, 11) is -3.51. The van der Waals surface area contributed by atoms with Gasteiger partial charge >= 0.3 is 0 Å². The van der Waals surface area contributed by atoms with E-state index < -0.39 is 10.0 Å². The van der Waals surface area contributed by atoms with Crippen LogP contribution >= 0.6 is 0 Å². The molecule has 2 heterocycles. The van der Waals surface area contributed by atoms with E-state index in [1.54, 1.807) is 30.3 Å². The van der Waals surface area contributed by atoms with Crippen LogP contribution in [0.2, 0.25) is 0 Å². The Bertz CT molecular complexity index is 1000. The number of nitrogens with one attached hydrogen (secondary N) is 2. The minimum absolute atomic E-state index is 0.250. The van der Waals surface area contributed by atoms with Gasteiger partial charge in [0.2, 0.25) is 15.9 Å². The highest BCUT2D eigenvalue weighted by Gasteiger charge is 2.26. The third kappa shape index (κ3) is 5.62. The number of amides is 2. The van der Waals surface area contributed by atoms with Gasteiger partial charge in [0.25, 0.3) is 5.91 Å². The fourth-order valence-electron chi connectivity index (χ4n) is 3.01. The Morgan fingerprint density at radius 3 is 2.50 bits per heavy atom. The van der Waals surface area contributed by atoms with Crippen LogP contribution in [0.3, 0.4) is 0 Å². The maximum Gasteiger partial charge on any atom is 0.251 e. The Kier molecular flexibility index (Phi) is 7.14. The molecule has 0 unspecified atom stereocenters. The molecule has 30 heavy (non-hydrogen) atoms. The van der Waals surface area contributed by atoms with Crippen molar-refractivity contribution in [2.75, 3.05) is 38.2 Å². The van der Waals surface area contributed by atoms with Crippen molar-refractivity contribution in [3.05, 3.63) is 53.7 Å². The number of anilines is 1. The molecule has 1 fully saturated rings. The molecule has 10 heteroatoms. The smallest absolute Gasteiger partial charge is 0.251 e. The molecule has 0 saturated carbocycles. The van der Waals surface area contributed by atoms with Crippen LogP contribution in [-0.4, -0.2) is 62.4 Å². The average molecular weight is 433 g/mol. The Morgan fingerprint density at radius 2 is 1.83 bits per heavy atom. The topological polar surface area (TPSA) is 118 Å². The largest absolute Gasteiger partial charge is 0.379 e. The molecule has 3 rings (SSSR count). The molecule has 2 amide bonds. The molecule has 0 aliphatic carbocycles. The van der Waals surface area contributed by atoms with Crippen molar-refractivity contribution in [2.45, 2.75) is 18.2 Å². The number of carbonyl (C=O) groups is 2. The van der Waals surface area contributed by atoms with E-state index >= 15 is 0 Å². The van der Waals surface area contributed by atoms with Gasteiger partial charge in [-0.2, -0.15) is 4.31 Å². The summed E-state index contributed by atoms with van der Waals surface area (Å²) >= 11 is 0. The number of rotatable bonds is 7. The molecule has 1 aromatic carbocycles. The zero-order chi connectivity index (χ0) is 21.6. The van der Waals surface area contributed by atoms with E-state index in [-0.39, 0.29) is 16.7 Å². The normalized spacial score (nSPS) is 14.8. The summed E-state index contributed by atoms with van der Waals surface area (Å²) in [5.74, 6) is -0.234. The van der Waals surface area contributed by atoms with Gasteiger partial charge in [-0.25, -0.2) is 13.4 Å². The summed E-state index contributed by atoms with van der Waals surface area (Å²) in [5.41, 5.74) is 1.30. The maximum absolute atomic E-state index is 12.6. The van der Waals surface area contributed by atoms with E-state index in [0.717, 1.165) is 5.56 Å². The number of pyridine rings is 1. The van der Waals surface area contributed by atoms with E-state index in [1.165, 1.54) is 23.5 Å². The second-order valence-electron chi connectivity index (χ2n) is 6.78. The molecule has 0 bridgehead atoms. The van der Waals surface area contributed by atoms with Crippen LogP contribution < -0.4 is 10.6 Å². The number of morpholine rings is 1. The van der Waals surface area contributed by atoms with Crippen LogP contribution in [0.15, 0.2) is 47.5 Å². The standard InChI is InChI=1S/C20H24N4O5S/c1-15(25)23-19-14-17(7-9-21-19)20(26)22-8-6-16-2-4-18(5-3-16)30(27,28)24-10-12-29-13-11-24/h2-5,7,9,14H,6,8,10-13H2,1H3,(H,22,26)(H,21,23,25). The minimum Gasteiger partial charge on any atom is -0.379 e. The van der Waals surface area contributed by atoms with Crippen LogP contribution in [0.5, 0.6) is 0 Å². The highest BCUT2D eigenvalue weighted by Crippen LogP contribution is 2.18. The zero-order valence-electron chi connectivity index (χ0n) is 16.6. The van der Waals surface area contributed by atoms with Crippen molar-refractivity contribution in [1.82, 2.24) is 14.6 Å². The van der Waals surface area contributed by atoms with Gasteiger partial charge in [-0.05, 0) is 36.2 Å². The van der Waals surface area contributed by atoms with Gasteiger partial charge in [-0.15, -0.1) is 0 Å². The molecule has 0 spiro atoms. The summed E-state index contributed by atoms with van der Waals surface area (Å²) < 4.78 is 31.9. The quantitative estimate of drug-likeness (QED) is 0.675. The predicted octanol–water partition coefficient (Wildman–Crippen LogP) is 1.03. The lowest BCUT2D eigenvalue weighted by Gasteiger charge is -2.26. The molecule has 0 radical (unpaired) electrons. The van der Waals surface area contributed by atoms with Crippen LogP contribution in [-0.2, 0) is 26.0 Å². The fourth-order valence-corrected chi connectivity index (χ4v) is 4.41. The molecule has 2 N–H and O–H groups in total. The molecule has 1 aliphatic heterocycles. The van der Waals surface area contributed by atoms with E-state index in [0.29, 0.717) is 50.7 Å². The van der Waals surface area contributed by atoms with Gasteiger partial charge < -0.3 is 15.4 Å². The van der Waals surface area contributed by atoms with Gasteiger partial charge in [0.05, 0.1) is 18.1 Å². The van der Waals surface area contributed by atoms with Crippen molar-refractivity contribution >= 4 is 27.7 Å². The Balaban J connectivity index is 1.54. The molecule has 9 nitrogen and oxygen atoms in total. The number of hydrogen-bond acceptors (Lipinski definition) is 6. The number of sulfonamides is 1. The van der Waals surface area contributed by atoms with E-state index in [1.807, 2.05) is 0 Å². The van der Waals surface area contributed by atoms with Crippen molar-refractivity contribution in [3.8, 4) is 0 Å². The van der Waals surface area contributed by atoms with Gasteiger partial charge in [-0.3, -0.25) is 9.59 Å². The van der Waals surface area contributed by atoms with E-state index in [9.17, 15) is 18.0 Å². The molecule has 1 aromatic heterocycles. The lowest BCUT2D eigenvalue weighted by Crippen LogP contribution is -2.40. The second-order valence-corrected chi connectivity index (χ2v) is 8.72. The Morgan fingerprint density at radius 1 is 1.13 bits per heavy atom. The third-order valence-electron chi connectivity index (χ3n) is 4.56. The summed E-state index contributed by atoms with van der Waals surface area (Å²) in [4.78, 5) is 27.6. The fraction of sp³-hybridized carbons (Fsp3) is 0.350. The van der Waals surface area contributed by atoms with Crippen molar-refractivity contribution in [1.29, 1.82) is 0 Å². The van der Waals surface area contributed by atoms with E-state index in [4.69, 9.17) is 4.74 Å². The molecule has 0 atom stereocenters. The lowest BCUT2D eigenvalue weighted by atomic mass is 10.1. The molecule has 2 aromatic rings. The minimum atomic E-state index is -3.51. The van der Waals surface area contributed by atoms with Crippen molar-refractivity contribution in [2.24, 2.45) is 0 Å². The summed E-state index contributed by atoms with van der Waals surface area (Å²) in [6.07, 6.45) is 2.00. The lowest BCUT2D eigenvalue weighted by molar-refractivity contribution is -0.114. The van der Waals surface area contributed by atoms with Crippen LogP contribution in [0.25, 0.3) is 0 Å². The number of benzene rings is 1. The first-order valence-corrected chi connectivity index (χ1v) is 11.0. The number of nitrogens with zero attached hydrogens (tertiary/aromatic N) is 2. The highest BCUT2D eigenvalue weighted by molar-refractivity contribution is 7.89. The highest BCUT2D eigenvalue weighted by atomic mass is 32.2. The second kappa shape index (κ2) is 9.79. The van der Waals surface area contributed by atoms with E-state index in [2.05, 4.69) is 15.6 Å². The van der Waals surface area contributed by atoms with Gasteiger partial charge in [0, 0.05) is 38.3 Å². The molecular weight excluding hydrogens is 408 g/mol.